The zero-order valence-corrected chi connectivity index (χ0v) is 13.2. The third-order valence-electron chi connectivity index (χ3n) is 2.85. The van der Waals surface area contributed by atoms with Crippen molar-refractivity contribution >= 4 is 41.0 Å². The molecule has 3 N–H and O–H groups in total. The predicted molar refractivity (Wildman–Crippen MR) is 87.2 cm³/mol. The first-order valence-electron chi connectivity index (χ1n) is 6.74. The zero-order chi connectivity index (χ0) is 15.1. The summed E-state index contributed by atoms with van der Waals surface area (Å²) in [5.41, 5.74) is 1.26. The molecule has 1 aromatic rings. The van der Waals surface area contributed by atoms with Crippen molar-refractivity contribution in [3.8, 4) is 0 Å². The standard InChI is InChI=1S/C14H18N2O3S2/c17-5-1-6-20-7-4-15-14(19)10-2-3-12-11(8-10)16-13(18)9-21-12/h2-3,8,17H,1,4-7,9H2,(H,15,19)(H,16,18). The number of aliphatic hydroxyl groups excluding tert-OH is 1. The van der Waals surface area contributed by atoms with Gasteiger partial charge in [0.1, 0.15) is 0 Å². The molecular formula is C14H18N2O3S2. The molecule has 1 aliphatic heterocycles. The Bertz CT molecular complexity index is 523. The van der Waals surface area contributed by atoms with Crippen molar-refractivity contribution in [1.82, 2.24) is 5.32 Å². The Kier molecular flexibility index (Phi) is 6.41. The summed E-state index contributed by atoms with van der Waals surface area (Å²) >= 11 is 3.18. The second-order valence-electron chi connectivity index (χ2n) is 4.49. The average molecular weight is 326 g/mol. The van der Waals surface area contributed by atoms with Gasteiger partial charge in [-0.05, 0) is 30.4 Å². The number of carbonyl (C=O) groups is 2. The minimum absolute atomic E-state index is 0.0367. The van der Waals surface area contributed by atoms with Crippen LogP contribution in [0.5, 0.6) is 0 Å². The zero-order valence-electron chi connectivity index (χ0n) is 11.6. The van der Waals surface area contributed by atoms with E-state index in [9.17, 15) is 9.59 Å². The van der Waals surface area contributed by atoms with E-state index >= 15 is 0 Å². The molecule has 0 spiro atoms. The van der Waals surface area contributed by atoms with Crippen LogP contribution < -0.4 is 10.6 Å². The van der Waals surface area contributed by atoms with Gasteiger partial charge in [0.2, 0.25) is 5.91 Å². The Hall–Kier alpha value is -1.18. The number of aliphatic hydroxyl groups is 1. The average Bonchev–Trinajstić information content (AvgIpc) is 2.49. The molecule has 1 aromatic carbocycles. The largest absolute Gasteiger partial charge is 0.396 e. The van der Waals surface area contributed by atoms with Crippen molar-refractivity contribution < 1.29 is 14.7 Å². The molecule has 21 heavy (non-hydrogen) atoms. The maximum absolute atomic E-state index is 12.0. The summed E-state index contributed by atoms with van der Waals surface area (Å²) in [6, 6.07) is 5.36. The van der Waals surface area contributed by atoms with Gasteiger partial charge >= 0.3 is 0 Å². The number of hydrogen-bond donors (Lipinski definition) is 3. The molecule has 1 aliphatic rings. The number of nitrogens with one attached hydrogen (secondary N) is 2. The third-order valence-corrected chi connectivity index (χ3v) is 5.00. The van der Waals surface area contributed by atoms with Gasteiger partial charge in [0.15, 0.2) is 0 Å². The van der Waals surface area contributed by atoms with E-state index in [1.54, 1.807) is 23.9 Å². The summed E-state index contributed by atoms with van der Waals surface area (Å²) < 4.78 is 0. The van der Waals surface area contributed by atoms with E-state index in [0.717, 1.165) is 22.8 Å². The van der Waals surface area contributed by atoms with Crippen LogP contribution >= 0.6 is 23.5 Å². The van der Waals surface area contributed by atoms with Crippen LogP contribution in [0.3, 0.4) is 0 Å². The number of anilines is 1. The van der Waals surface area contributed by atoms with Crippen LogP contribution in [0.25, 0.3) is 0 Å². The SMILES string of the molecule is O=C1CSc2ccc(C(=O)NCCSCCCO)cc2N1. The number of thioether (sulfide) groups is 2. The minimum Gasteiger partial charge on any atom is -0.396 e. The molecule has 0 saturated heterocycles. The van der Waals surface area contributed by atoms with Crippen LogP contribution in [-0.4, -0.2) is 47.3 Å². The monoisotopic (exact) mass is 326 g/mol. The molecule has 0 aromatic heterocycles. The quantitative estimate of drug-likeness (QED) is 0.663. The van der Waals surface area contributed by atoms with Crippen LogP contribution in [0, 0.1) is 0 Å². The molecule has 7 heteroatoms. The fraction of sp³-hybridized carbons (Fsp3) is 0.429. The number of hydrogen-bond acceptors (Lipinski definition) is 5. The van der Waals surface area contributed by atoms with E-state index in [1.807, 2.05) is 6.07 Å². The second-order valence-corrected chi connectivity index (χ2v) is 6.74. The molecule has 2 rings (SSSR count). The van der Waals surface area contributed by atoms with Crippen LogP contribution in [-0.2, 0) is 4.79 Å². The molecule has 0 saturated carbocycles. The van der Waals surface area contributed by atoms with Crippen LogP contribution in [0.1, 0.15) is 16.8 Å². The maximum atomic E-state index is 12.0. The molecule has 0 fully saturated rings. The van der Waals surface area contributed by atoms with Crippen molar-refractivity contribution in [1.29, 1.82) is 0 Å². The second kappa shape index (κ2) is 8.31. The Morgan fingerprint density at radius 1 is 1.43 bits per heavy atom. The number of rotatable bonds is 7. The molecule has 0 aliphatic carbocycles. The first-order chi connectivity index (χ1) is 10.2. The topological polar surface area (TPSA) is 78.4 Å². The van der Waals surface area contributed by atoms with Gasteiger partial charge in [0.25, 0.3) is 5.91 Å². The molecule has 0 bridgehead atoms. The van der Waals surface area contributed by atoms with Crippen molar-refractivity contribution in [2.24, 2.45) is 0 Å². The summed E-state index contributed by atoms with van der Waals surface area (Å²) in [6.45, 7) is 0.797. The van der Waals surface area contributed by atoms with E-state index in [1.165, 1.54) is 11.8 Å². The lowest BCUT2D eigenvalue weighted by atomic mass is 10.2. The Labute approximate surface area is 132 Å². The summed E-state index contributed by atoms with van der Waals surface area (Å²) in [4.78, 5) is 24.4. The normalized spacial score (nSPS) is 13.5. The number of amides is 2. The number of carbonyl (C=O) groups excluding carboxylic acids is 2. The van der Waals surface area contributed by atoms with Gasteiger partial charge < -0.3 is 15.7 Å². The van der Waals surface area contributed by atoms with E-state index in [2.05, 4.69) is 10.6 Å². The van der Waals surface area contributed by atoms with Crippen LogP contribution in [0.15, 0.2) is 23.1 Å². The van der Waals surface area contributed by atoms with Gasteiger partial charge in [-0.1, -0.05) is 0 Å². The Morgan fingerprint density at radius 3 is 3.10 bits per heavy atom. The highest BCUT2D eigenvalue weighted by Gasteiger charge is 2.17. The minimum atomic E-state index is -0.134. The summed E-state index contributed by atoms with van der Waals surface area (Å²) in [5, 5.41) is 14.3. The van der Waals surface area contributed by atoms with Gasteiger partial charge in [-0.3, -0.25) is 9.59 Å². The van der Waals surface area contributed by atoms with Crippen molar-refractivity contribution in [2.45, 2.75) is 11.3 Å². The Balaban J connectivity index is 1.82. The maximum Gasteiger partial charge on any atom is 0.251 e. The van der Waals surface area contributed by atoms with E-state index in [0.29, 0.717) is 23.5 Å². The fourth-order valence-electron chi connectivity index (χ4n) is 1.83. The lowest BCUT2D eigenvalue weighted by molar-refractivity contribution is -0.113. The molecule has 114 valence electrons. The number of benzene rings is 1. The van der Waals surface area contributed by atoms with Crippen molar-refractivity contribution in [3.05, 3.63) is 23.8 Å². The van der Waals surface area contributed by atoms with Crippen LogP contribution in [0.2, 0.25) is 0 Å². The van der Waals surface area contributed by atoms with E-state index < -0.39 is 0 Å². The van der Waals surface area contributed by atoms with Crippen molar-refractivity contribution in [2.75, 3.05) is 35.7 Å². The summed E-state index contributed by atoms with van der Waals surface area (Å²) in [7, 11) is 0. The summed E-state index contributed by atoms with van der Waals surface area (Å²) in [6.07, 6.45) is 0.779. The summed E-state index contributed by atoms with van der Waals surface area (Å²) in [5.74, 6) is 1.97. The third kappa shape index (κ3) is 4.94. The highest BCUT2D eigenvalue weighted by molar-refractivity contribution is 8.00. The molecule has 0 radical (unpaired) electrons. The van der Waals surface area contributed by atoms with Gasteiger partial charge in [0.05, 0.1) is 11.4 Å². The van der Waals surface area contributed by atoms with E-state index in [-0.39, 0.29) is 18.4 Å². The van der Waals surface area contributed by atoms with Gasteiger partial charge in [-0.15, -0.1) is 11.8 Å². The highest BCUT2D eigenvalue weighted by Crippen LogP contribution is 2.31. The first-order valence-corrected chi connectivity index (χ1v) is 8.88. The fourth-order valence-corrected chi connectivity index (χ4v) is 3.40. The van der Waals surface area contributed by atoms with Gasteiger partial charge in [-0.25, -0.2) is 0 Å². The molecule has 0 atom stereocenters. The lowest BCUT2D eigenvalue weighted by Gasteiger charge is -2.16. The van der Waals surface area contributed by atoms with Crippen molar-refractivity contribution in [3.63, 3.8) is 0 Å². The Morgan fingerprint density at radius 2 is 2.29 bits per heavy atom. The van der Waals surface area contributed by atoms with E-state index in [4.69, 9.17) is 5.11 Å². The molecule has 5 nitrogen and oxygen atoms in total. The van der Waals surface area contributed by atoms with Gasteiger partial charge in [-0.2, -0.15) is 11.8 Å². The molecule has 2 amide bonds. The van der Waals surface area contributed by atoms with Crippen LogP contribution in [0.4, 0.5) is 5.69 Å². The molecule has 0 unspecified atom stereocenters. The smallest absolute Gasteiger partial charge is 0.251 e. The van der Waals surface area contributed by atoms with Gasteiger partial charge in [0, 0.05) is 29.4 Å². The first kappa shape index (κ1) is 16.2. The number of fused-ring (bicyclic) bond motifs is 1. The predicted octanol–water partition coefficient (Wildman–Crippen LogP) is 1.58. The molecule has 1 heterocycles. The highest BCUT2D eigenvalue weighted by atomic mass is 32.2. The molecular weight excluding hydrogens is 308 g/mol. The lowest BCUT2D eigenvalue weighted by Crippen LogP contribution is -2.26.